The molecule has 0 aliphatic heterocycles. The van der Waals surface area contributed by atoms with E-state index in [0.29, 0.717) is 5.69 Å². The molecule has 26 heavy (non-hydrogen) atoms. The first-order chi connectivity index (χ1) is 12.4. The van der Waals surface area contributed by atoms with E-state index in [0.717, 1.165) is 16.6 Å². The summed E-state index contributed by atoms with van der Waals surface area (Å²) in [6.07, 6.45) is 1.97. The Bertz CT molecular complexity index is 997. The van der Waals surface area contributed by atoms with Crippen LogP contribution in [0.5, 0.6) is 0 Å². The molecule has 1 unspecified atom stereocenters. The van der Waals surface area contributed by atoms with Crippen LogP contribution >= 0.6 is 0 Å². The van der Waals surface area contributed by atoms with E-state index in [1.54, 1.807) is 24.7 Å². The number of carboxylic acid groups (broad SMARTS) is 1. The molecule has 0 radical (unpaired) electrons. The highest BCUT2D eigenvalue weighted by Gasteiger charge is 2.34. The number of nitrogens with zero attached hydrogens (tertiary/aromatic N) is 4. The van der Waals surface area contributed by atoms with Gasteiger partial charge in [-0.1, -0.05) is 18.2 Å². The lowest BCUT2D eigenvalue weighted by Gasteiger charge is -2.24. The molecule has 0 bridgehead atoms. The molecule has 8 nitrogen and oxygen atoms in total. The van der Waals surface area contributed by atoms with Gasteiger partial charge in [-0.3, -0.25) is 9.78 Å². The Balaban J connectivity index is 1.94. The molecule has 0 aliphatic carbocycles. The van der Waals surface area contributed by atoms with Crippen molar-refractivity contribution in [3.63, 3.8) is 0 Å². The first kappa shape index (κ1) is 17.5. The number of pyridine rings is 1. The Morgan fingerprint density at radius 3 is 2.77 bits per heavy atom. The number of carbonyl (C=O) groups is 2. The zero-order valence-electron chi connectivity index (χ0n) is 14.7. The van der Waals surface area contributed by atoms with Gasteiger partial charge in [0.2, 0.25) is 0 Å². The summed E-state index contributed by atoms with van der Waals surface area (Å²) in [7, 11) is 0. The van der Waals surface area contributed by atoms with Crippen LogP contribution in [0.2, 0.25) is 0 Å². The van der Waals surface area contributed by atoms with Crippen LogP contribution in [-0.2, 0) is 4.79 Å². The normalized spacial score (nSPS) is 13.3. The number of aromatic nitrogens is 4. The fourth-order valence-electron chi connectivity index (χ4n) is 2.58. The lowest BCUT2D eigenvalue weighted by atomic mass is 9.99. The van der Waals surface area contributed by atoms with Crippen LogP contribution in [0.15, 0.2) is 36.5 Å². The van der Waals surface area contributed by atoms with Crippen LogP contribution in [0.1, 0.15) is 36.5 Å². The summed E-state index contributed by atoms with van der Waals surface area (Å²) in [5.41, 5.74) is 0.854. The largest absolute Gasteiger partial charge is 0.480 e. The maximum absolute atomic E-state index is 12.5. The predicted octanol–water partition coefficient (Wildman–Crippen LogP) is 2.11. The molecule has 3 aromatic rings. The molecule has 8 heteroatoms. The number of hydrogen-bond donors (Lipinski definition) is 2. The molecular formula is C18H19N5O3. The Morgan fingerprint density at radius 2 is 2.08 bits per heavy atom. The van der Waals surface area contributed by atoms with Crippen molar-refractivity contribution in [2.24, 2.45) is 0 Å². The summed E-state index contributed by atoms with van der Waals surface area (Å²) >= 11 is 0. The van der Waals surface area contributed by atoms with E-state index in [9.17, 15) is 14.7 Å². The zero-order chi connectivity index (χ0) is 18.9. The van der Waals surface area contributed by atoms with Crippen LogP contribution in [0.3, 0.4) is 0 Å². The molecule has 134 valence electrons. The van der Waals surface area contributed by atoms with Gasteiger partial charge in [-0.2, -0.15) is 0 Å². The number of aliphatic carboxylic acids is 1. The van der Waals surface area contributed by atoms with Gasteiger partial charge in [0.1, 0.15) is 5.54 Å². The quantitative estimate of drug-likeness (QED) is 0.727. The Morgan fingerprint density at radius 1 is 1.31 bits per heavy atom. The number of amides is 1. The minimum atomic E-state index is -1.36. The molecule has 2 heterocycles. The summed E-state index contributed by atoms with van der Waals surface area (Å²) in [5, 5.41) is 20.8. The van der Waals surface area contributed by atoms with Gasteiger partial charge < -0.3 is 10.4 Å². The van der Waals surface area contributed by atoms with Crippen molar-refractivity contribution >= 4 is 22.8 Å². The van der Waals surface area contributed by atoms with Crippen LogP contribution in [0.25, 0.3) is 16.6 Å². The van der Waals surface area contributed by atoms with Gasteiger partial charge in [-0.15, -0.1) is 5.10 Å². The number of rotatable bonds is 5. The van der Waals surface area contributed by atoms with Gasteiger partial charge >= 0.3 is 5.97 Å². The highest BCUT2D eigenvalue weighted by molar-refractivity contribution is 5.97. The summed E-state index contributed by atoms with van der Waals surface area (Å²) < 4.78 is 1.55. The van der Waals surface area contributed by atoms with Crippen molar-refractivity contribution in [2.75, 3.05) is 0 Å². The molecule has 2 N–H and O–H groups in total. The summed E-state index contributed by atoms with van der Waals surface area (Å²) in [5.74, 6) is -1.66. The molecule has 0 saturated carbocycles. The second kappa shape index (κ2) is 6.55. The molecule has 1 amide bonds. The van der Waals surface area contributed by atoms with Gasteiger partial charge in [-0.25, -0.2) is 9.48 Å². The van der Waals surface area contributed by atoms with Gasteiger partial charge in [0.15, 0.2) is 5.69 Å². The van der Waals surface area contributed by atoms with Crippen molar-refractivity contribution in [2.45, 2.75) is 32.7 Å². The smallest absolute Gasteiger partial charge is 0.329 e. The van der Waals surface area contributed by atoms with Gasteiger partial charge in [0.25, 0.3) is 5.91 Å². The van der Waals surface area contributed by atoms with Crippen molar-refractivity contribution in [1.29, 1.82) is 0 Å². The van der Waals surface area contributed by atoms with Crippen molar-refractivity contribution in [3.05, 3.63) is 47.9 Å². The van der Waals surface area contributed by atoms with Crippen LogP contribution in [-0.4, -0.2) is 42.5 Å². The fraction of sp³-hybridized carbons (Fsp3) is 0.278. The third kappa shape index (κ3) is 3.01. The molecule has 1 aromatic carbocycles. The Labute approximate surface area is 149 Å². The number of fused-ring (bicyclic) bond motifs is 1. The maximum atomic E-state index is 12.5. The maximum Gasteiger partial charge on any atom is 0.329 e. The summed E-state index contributed by atoms with van der Waals surface area (Å²) in [4.78, 5) is 28.2. The number of carbonyl (C=O) groups excluding carboxylic acids is 1. The summed E-state index contributed by atoms with van der Waals surface area (Å²) in [6, 6.07) is 9.39. The summed E-state index contributed by atoms with van der Waals surface area (Å²) in [6.45, 7) is 4.87. The van der Waals surface area contributed by atoms with Crippen molar-refractivity contribution in [3.8, 4) is 5.69 Å². The van der Waals surface area contributed by atoms with E-state index in [4.69, 9.17) is 0 Å². The van der Waals surface area contributed by atoms with Crippen molar-refractivity contribution < 1.29 is 14.7 Å². The SMILES string of the molecule is CCC(C)(NC(=O)c1nnn(-c2ccc3ncccc3c2)c1C)C(=O)O. The number of nitrogens with one attached hydrogen (secondary N) is 1. The van der Waals surface area contributed by atoms with E-state index in [1.165, 1.54) is 6.92 Å². The molecule has 0 fully saturated rings. The Hall–Kier alpha value is -3.29. The average molecular weight is 353 g/mol. The van der Waals surface area contributed by atoms with Gasteiger partial charge in [-0.05, 0) is 44.5 Å². The standard InChI is InChI=1S/C18H19N5O3/c1-4-18(3,17(25)26)20-16(24)15-11(2)23(22-21-15)13-7-8-14-12(10-13)6-5-9-19-14/h5-10H,4H2,1-3H3,(H,20,24)(H,25,26). The zero-order valence-corrected chi connectivity index (χ0v) is 14.7. The number of hydrogen-bond acceptors (Lipinski definition) is 5. The fourth-order valence-corrected chi connectivity index (χ4v) is 2.58. The third-order valence-electron chi connectivity index (χ3n) is 4.51. The monoisotopic (exact) mass is 353 g/mol. The minimum Gasteiger partial charge on any atom is -0.480 e. The topological polar surface area (TPSA) is 110 Å². The molecule has 0 aliphatic rings. The lowest BCUT2D eigenvalue weighted by Crippen LogP contribution is -2.51. The molecular weight excluding hydrogens is 334 g/mol. The second-order valence-corrected chi connectivity index (χ2v) is 6.26. The molecule has 3 rings (SSSR count). The van der Waals surface area contributed by atoms with Crippen LogP contribution in [0.4, 0.5) is 0 Å². The molecule has 2 aromatic heterocycles. The minimum absolute atomic E-state index is 0.0946. The van der Waals surface area contributed by atoms with Crippen LogP contribution < -0.4 is 5.32 Å². The van der Waals surface area contributed by atoms with E-state index in [-0.39, 0.29) is 12.1 Å². The lowest BCUT2D eigenvalue weighted by molar-refractivity contribution is -0.143. The van der Waals surface area contributed by atoms with E-state index < -0.39 is 17.4 Å². The average Bonchev–Trinajstić information content (AvgIpc) is 3.02. The molecule has 0 spiro atoms. The van der Waals surface area contributed by atoms with Gasteiger partial charge in [0, 0.05) is 11.6 Å². The van der Waals surface area contributed by atoms with Crippen LogP contribution in [0, 0.1) is 6.92 Å². The van der Waals surface area contributed by atoms with Gasteiger partial charge in [0.05, 0.1) is 16.9 Å². The van der Waals surface area contributed by atoms with E-state index in [1.807, 2.05) is 30.3 Å². The number of benzene rings is 1. The third-order valence-corrected chi connectivity index (χ3v) is 4.51. The van der Waals surface area contributed by atoms with E-state index >= 15 is 0 Å². The first-order valence-electron chi connectivity index (χ1n) is 8.19. The van der Waals surface area contributed by atoms with E-state index in [2.05, 4.69) is 20.6 Å². The molecule has 0 saturated heterocycles. The highest BCUT2D eigenvalue weighted by Crippen LogP contribution is 2.19. The first-order valence-corrected chi connectivity index (χ1v) is 8.19. The highest BCUT2D eigenvalue weighted by atomic mass is 16.4. The second-order valence-electron chi connectivity index (χ2n) is 6.26. The molecule has 1 atom stereocenters. The number of carboxylic acids is 1. The predicted molar refractivity (Wildman–Crippen MR) is 95.2 cm³/mol. The Kier molecular flexibility index (Phi) is 4.41. The van der Waals surface area contributed by atoms with Crippen molar-refractivity contribution in [1.82, 2.24) is 25.3 Å².